The summed E-state index contributed by atoms with van der Waals surface area (Å²) in [5.41, 5.74) is 13.2. The van der Waals surface area contributed by atoms with E-state index in [2.05, 4.69) is 150 Å². The first-order valence-corrected chi connectivity index (χ1v) is 38.4. The van der Waals surface area contributed by atoms with E-state index < -0.39 is 5.97 Å². The Kier molecular flexibility index (Phi) is 38.8. The van der Waals surface area contributed by atoms with Crippen LogP contribution >= 0.6 is 0 Å². The molecule has 0 bridgehead atoms. The molecule has 10 heterocycles. The van der Waals surface area contributed by atoms with Gasteiger partial charge in [0.15, 0.2) is 0 Å². The molecule has 4 aromatic carbocycles. The van der Waals surface area contributed by atoms with Crippen LogP contribution in [0.3, 0.4) is 0 Å². The van der Waals surface area contributed by atoms with Gasteiger partial charge in [-0.3, -0.25) is 24.6 Å². The Morgan fingerprint density at radius 1 is 0.457 bits per heavy atom. The van der Waals surface area contributed by atoms with Crippen LogP contribution in [0.15, 0.2) is 109 Å². The molecule has 4 saturated heterocycles. The third kappa shape index (κ3) is 27.1. The van der Waals surface area contributed by atoms with Gasteiger partial charge in [0.2, 0.25) is 0 Å². The van der Waals surface area contributed by atoms with Gasteiger partial charge >= 0.3 is 5.97 Å². The van der Waals surface area contributed by atoms with E-state index >= 15 is 0 Å². The van der Waals surface area contributed by atoms with Gasteiger partial charge in [-0.25, -0.2) is 34.7 Å². The highest BCUT2D eigenvalue weighted by atomic mass is 16.5. The Labute approximate surface area is 686 Å². The average molecular weight is 1600 g/mol. The number of aromatic nitrogens is 9. The molecule has 0 aliphatic carbocycles. The van der Waals surface area contributed by atoms with Crippen molar-refractivity contribution in [2.45, 2.75) is 104 Å². The summed E-state index contributed by atoms with van der Waals surface area (Å²) < 4.78 is 51.3. The maximum atomic E-state index is 11.3. The van der Waals surface area contributed by atoms with Crippen molar-refractivity contribution in [1.82, 2.24) is 69.4 Å². The van der Waals surface area contributed by atoms with Gasteiger partial charge in [0.05, 0.1) is 124 Å². The number of nitrogens with zero attached hydrogens (tertiary/aromatic N) is 15. The average Bonchev–Trinajstić information content (AvgIpc) is 1.03. The molecule has 0 saturated carbocycles. The smallest absolute Gasteiger partial charge is 0.352 e. The van der Waals surface area contributed by atoms with Crippen molar-refractivity contribution >= 4 is 85.1 Å². The van der Waals surface area contributed by atoms with Gasteiger partial charge in [-0.05, 0) is 139 Å². The van der Waals surface area contributed by atoms with E-state index in [1.807, 2.05) is 71.3 Å². The molecule has 29 heteroatoms. The second kappa shape index (κ2) is 47.6. The molecule has 29 nitrogen and oxygen atoms in total. The van der Waals surface area contributed by atoms with Crippen LogP contribution in [0.4, 0.5) is 40.2 Å². The summed E-state index contributed by atoms with van der Waals surface area (Å²) in [6.07, 6.45) is 16.1. The lowest BCUT2D eigenvalue weighted by Crippen LogP contribution is -2.37. The number of carbonyl (C=O) groups is 1. The van der Waals surface area contributed by atoms with Crippen LogP contribution in [0.5, 0.6) is 23.0 Å². The molecule has 4 aliphatic rings. The molecular formula is C87H127N19O10. The Bertz CT molecular complexity index is 4570. The fourth-order valence-corrected chi connectivity index (χ4v) is 13.4. The molecule has 7 N–H and O–H groups in total. The van der Waals surface area contributed by atoms with Crippen LogP contribution in [0.1, 0.15) is 112 Å². The van der Waals surface area contributed by atoms with Gasteiger partial charge in [-0.15, -0.1) is 0 Å². The van der Waals surface area contributed by atoms with Crippen LogP contribution in [-0.4, -0.2) is 238 Å². The number of nitrogens with one attached hydrogen (secondary N) is 3. The van der Waals surface area contributed by atoms with Crippen molar-refractivity contribution in [3.63, 3.8) is 0 Å². The van der Waals surface area contributed by atoms with Crippen LogP contribution < -0.4 is 41.0 Å². The molecule has 116 heavy (non-hydrogen) atoms. The number of aliphatic imine (C=N–C) groups is 1. The number of anilines is 6. The predicted octanol–water partition coefficient (Wildman–Crippen LogP) is 15.1. The van der Waals surface area contributed by atoms with Crippen molar-refractivity contribution in [2.24, 2.45) is 26.1 Å². The van der Waals surface area contributed by atoms with Crippen LogP contribution in [0.25, 0.3) is 32.7 Å². The number of rotatable bonds is 28. The third-order valence-electron chi connectivity index (χ3n) is 19.9. The zero-order valence-corrected chi connectivity index (χ0v) is 66.7. The molecule has 0 radical (unpaired) electrons. The summed E-state index contributed by atoms with van der Waals surface area (Å²) in [5, 5.41) is 31.3. The highest BCUT2D eigenvalue weighted by Gasteiger charge is 2.19. The van der Waals surface area contributed by atoms with Crippen molar-refractivity contribution in [1.29, 1.82) is 5.26 Å². The molecule has 10 aromatic rings. The van der Waals surface area contributed by atoms with Crippen LogP contribution in [0.2, 0.25) is 0 Å². The minimum Gasteiger partial charge on any atom is -0.493 e. The Hall–Kier alpha value is -10.4. The lowest BCUT2D eigenvalue weighted by molar-refractivity contribution is 0.0357. The fraction of sp³-hybridized carbons (Fsp3) is 0.483. The molecule has 0 amide bonds. The Morgan fingerprint density at radius 2 is 0.759 bits per heavy atom. The molecule has 14 rings (SSSR count). The van der Waals surface area contributed by atoms with Crippen LogP contribution in [0, 0.1) is 52.9 Å². The minimum atomic E-state index is -0.977. The maximum Gasteiger partial charge on any atom is 0.352 e. The van der Waals surface area contributed by atoms with E-state index in [1.165, 1.54) is 17.7 Å². The molecule has 0 atom stereocenters. The second-order valence-corrected chi connectivity index (χ2v) is 28.2. The number of carboxylic acid groups (broad SMARTS) is 1. The molecule has 4 fully saturated rings. The van der Waals surface area contributed by atoms with E-state index in [1.54, 1.807) is 42.7 Å². The molecule has 4 aliphatic heterocycles. The van der Waals surface area contributed by atoms with Gasteiger partial charge in [-0.1, -0.05) is 29.7 Å². The highest BCUT2D eigenvalue weighted by Crippen LogP contribution is 2.35. The quantitative estimate of drug-likeness (QED) is 0.0225. The number of fused-ring (bicyclic) bond motifs is 3. The molecule has 0 spiro atoms. The summed E-state index contributed by atoms with van der Waals surface area (Å²) >= 11 is 0. The summed E-state index contributed by atoms with van der Waals surface area (Å²) in [6, 6.07) is 23.8. The maximum absolute atomic E-state index is 11.3. The second-order valence-electron chi connectivity index (χ2n) is 28.2. The van der Waals surface area contributed by atoms with Gasteiger partial charge in [0, 0.05) is 176 Å². The first kappa shape index (κ1) is 94.5. The van der Waals surface area contributed by atoms with Gasteiger partial charge in [0.25, 0.3) is 0 Å². The highest BCUT2D eigenvalue weighted by molar-refractivity contribution is 5.95. The number of carboxylic acids is 1. The first-order valence-electron chi connectivity index (χ1n) is 38.4. The first-order chi connectivity index (χ1) is 53.9. The standard InChI is InChI=1S/C22H27N5O4.2C22H29N5O2.C17H23N3O2.4CH4.H3N/c1-15-10-17-18(12-20(15)31-7-3-4-27-5-8-30-9-6-27)23-14-24-21(17)25-16-11-19(22(28)29)26(2)13-16;2*1-16-11-19-20(13-21(16)29-8-4-5-27-6-9-28-10-7-27)23-15-24-22(19)25-18-12-17(2)26(3)14-18;1-3-19-16-12-17(14(2)11-15(16)13-18)22-8-4-5-20-6-9-21-10-7-20;;;;;/h10-14H,3-9H2,1-2H3,(H,28,29)(H,23,24,25);2*11-15H,4-10H2,1-3H3,(H,23,24,25);3,11-12H,4-10H2,1-2H3;4*1H4;1H3. The van der Waals surface area contributed by atoms with E-state index in [0.717, 1.165) is 258 Å². The minimum absolute atomic E-state index is 0. The van der Waals surface area contributed by atoms with Crippen LogP contribution in [-0.2, 0) is 40.1 Å². The van der Waals surface area contributed by atoms with Gasteiger partial charge in [-0.2, -0.15) is 5.26 Å². The summed E-state index contributed by atoms with van der Waals surface area (Å²) in [6.45, 7) is 35.6. The fourth-order valence-electron chi connectivity index (χ4n) is 13.4. The monoisotopic (exact) mass is 1600 g/mol. The Morgan fingerprint density at radius 3 is 1.04 bits per heavy atom. The summed E-state index contributed by atoms with van der Waals surface area (Å²) in [7, 11) is 5.76. The number of hydrogen-bond acceptors (Lipinski definition) is 25. The number of aromatic carboxylic acids is 1. The topological polar surface area (TPSA) is 323 Å². The number of benzene rings is 4. The zero-order valence-electron chi connectivity index (χ0n) is 66.7. The molecule has 6 aromatic heterocycles. The normalized spacial score (nSPS) is 14.4. The molecular weight excluding hydrogens is 1470 g/mol. The van der Waals surface area contributed by atoms with E-state index in [9.17, 15) is 9.90 Å². The predicted molar refractivity (Wildman–Crippen MR) is 466 cm³/mol. The van der Waals surface area contributed by atoms with Crippen molar-refractivity contribution in [3.8, 4) is 29.1 Å². The molecule has 0 unspecified atom stereocenters. The zero-order chi connectivity index (χ0) is 78.0. The van der Waals surface area contributed by atoms with E-state index in [-0.39, 0.29) is 41.6 Å². The van der Waals surface area contributed by atoms with Crippen molar-refractivity contribution in [3.05, 3.63) is 149 Å². The lowest BCUT2D eigenvalue weighted by atomic mass is 10.1. The summed E-state index contributed by atoms with van der Waals surface area (Å²) in [4.78, 5) is 51.7. The van der Waals surface area contributed by atoms with Crippen molar-refractivity contribution < 1.29 is 47.8 Å². The number of hydrogen-bond donors (Lipinski definition) is 5. The number of ether oxygens (including phenoxy) is 8. The summed E-state index contributed by atoms with van der Waals surface area (Å²) in [5.74, 6) is 4.65. The lowest BCUT2D eigenvalue weighted by Gasteiger charge is -2.26. The van der Waals surface area contributed by atoms with E-state index in [0.29, 0.717) is 49.2 Å². The van der Waals surface area contributed by atoms with E-state index in [4.69, 9.17) is 43.2 Å². The van der Waals surface area contributed by atoms with Crippen molar-refractivity contribution in [2.75, 3.05) is 174 Å². The number of nitriles is 1. The third-order valence-corrected chi connectivity index (χ3v) is 19.9. The van der Waals surface area contributed by atoms with Gasteiger partial charge < -0.3 is 78.8 Å². The molecule has 630 valence electrons. The number of morpholine rings is 4. The Balaban J connectivity index is 0.000000239. The van der Waals surface area contributed by atoms with Gasteiger partial charge in [0.1, 0.15) is 71.2 Å². The largest absolute Gasteiger partial charge is 0.493 e. The SMILES string of the molecule is C.C.C.C.CC=Nc1cc(OCCCN2CCOCC2)c(C)cc1C#N.Cc1cc2c(Nc3cc(C(=O)O)n(C)c3)ncnc2cc1OCCCN1CCOCC1.Cc1cc2c(Nc3cc(C)n(C)c3)ncnc2cc1OCCCN1CCOCC1.Cc1cc2c(Nc3cc(C)n(C)c3)ncnc2cc1OCCCN1CCOCC1.N. The number of aryl methyl sites for hydroxylation is 9.